The Kier molecular flexibility index (Phi) is 7.90. The fraction of sp³-hybridized carbons (Fsp3) is 1.00. The standard InChI is InChI=1S/C9H18BrN.BrH/c1-9(5-6-10)11-7-3-2-4-8-11;/h9H,2-8H2,1H3;1H. The average Bonchev–Trinajstić information content (AvgIpc) is 2.07. The molecule has 0 amide bonds. The summed E-state index contributed by atoms with van der Waals surface area (Å²) in [5, 5.41) is 1.14. The Hall–Kier alpha value is 0.920. The molecule has 0 bridgehead atoms. The molecule has 3 heteroatoms. The summed E-state index contributed by atoms with van der Waals surface area (Å²) in [6.45, 7) is 4.99. The van der Waals surface area contributed by atoms with Crippen molar-refractivity contribution in [1.29, 1.82) is 0 Å². The molecule has 0 radical (unpaired) electrons. The van der Waals surface area contributed by atoms with Gasteiger partial charge >= 0.3 is 0 Å². The van der Waals surface area contributed by atoms with E-state index in [2.05, 4.69) is 27.8 Å². The van der Waals surface area contributed by atoms with Crippen LogP contribution >= 0.6 is 32.9 Å². The maximum atomic E-state index is 3.49. The van der Waals surface area contributed by atoms with Gasteiger partial charge in [0.25, 0.3) is 0 Å². The largest absolute Gasteiger partial charge is 0.301 e. The van der Waals surface area contributed by atoms with Gasteiger partial charge in [0.1, 0.15) is 0 Å². The van der Waals surface area contributed by atoms with E-state index in [-0.39, 0.29) is 17.0 Å². The van der Waals surface area contributed by atoms with Gasteiger partial charge in [0.2, 0.25) is 0 Å². The van der Waals surface area contributed by atoms with E-state index in [4.69, 9.17) is 0 Å². The molecule has 0 saturated carbocycles. The zero-order valence-electron chi connectivity index (χ0n) is 7.76. The highest BCUT2D eigenvalue weighted by atomic mass is 79.9. The molecule has 1 heterocycles. The summed E-state index contributed by atoms with van der Waals surface area (Å²) in [5.41, 5.74) is 0. The van der Waals surface area contributed by atoms with Crippen molar-refractivity contribution in [2.24, 2.45) is 0 Å². The molecule has 12 heavy (non-hydrogen) atoms. The Morgan fingerprint density at radius 3 is 2.33 bits per heavy atom. The number of halogens is 2. The van der Waals surface area contributed by atoms with Crippen LogP contribution in [0.3, 0.4) is 0 Å². The number of hydrogen-bond donors (Lipinski definition) is 0. The predicted molar refractivity (Wildman–Crippen MR) is 63.6 cm³/mol. The van der Waals surface area contributed by atoms with Crippen molar-refractivity contribution in [3.8, 4) is 0 Å². The summed E-state index contributed by atoms with van der Waals surface area (Å²) < 4.78 is 0. The van der Waals surface area contributed by atoms with E-state index in [9.17, 15) is 0 Å². The molecule has 1 saturated heterocycles. The first-order chi connectivity index (χ1) is 5.34. The quantitative estimate of drug-likeness (QED) is 0.724. The van der Waals surface area contributed by atoms with Crippen molar-refractivity contribution in [2.45, 2.75) is 38.6 Å². The molecule has 1 nitrogen and oxygen atoms in total. The molecule has 1 atom stereocenters. The summed E-state index contributed by atoms with van der Waals surface area (Å²) in [6, 6.07) is 0.787. The molecule has 0 aromatic rings. The average molecular weight is 301 g/mol. The number of rotatable bonds is 3. The number of hydrogen-bond acceptors (Lipinski definition) is 1. The zero-order chi connectivity index (χ0) is 8.10. The van der Waals surface area contributed by atoms with Crippen LogP contribution in [0.2, 0.25) is 0 Å². The smallest absolute Gasteiger partial charge is 0.00748 e. The summed E-state index contributed by atoms with van der Waals surface area (Å²) in [5.74, 6) is 0. The molecule has 1 aliphatic heterocycles. The first-order valence-electron chi connectivity index (χ1n) is 4.64. The van der Waals surface area contributed by atoms with E-state index in [0.29, 0.717) is 0 Å². The minimum Gasteiger partial charge on any atom is -0.301 e. The lowest BCUT2D eigenvalue weighted by atomic mass is 10.1. The van der Waals surface area contributed by atoms with Gasteiger partial charge in [0.15, 0.2) is 0 Å². The molecule has 74 valence electrons. The van der Waals surface area contributed by atoms with Crippen molar-refractivity contribution in [3.63, 3.8) is 0 Å². The maximum Gasteiger partial charge on any atom is 0.00748 e. The van der Waals surface area contributed by atoms with Crippen LogP contribution in [0.1, 0.15) is 32.6 Å². The third-order valence-corrected chi connectivity index (χ3v) is 3.00. The van der Waals surface area contributed by atoms with Gasteiger partial charge in [0, 0.05) is 11.4 Å². The van der Waals surface area contributed by atoms with Crippen molar-refractivity contribution in [1.82, 2.24) is 4.90 Å². The fourth-order valence-corrected chi connectivity index (χ4v) is 2.36. The van der Waals surface area contributed by atoms with Gasteiger partial charge in [-0.25, -0.2) is 0 Å². The van der Waals surface area contributed by atoms with E-state index >= 15 is 0 Å². The second-order valence-corrected chi connectivity index (χ2v) is 4.22. The van der Waals surface area contributed by atoms with Crippen LogP contribution in [0.25, 0.3) is 0 Å². The maximum absolute atomic E-state index is 3.49. The van der Waals surface area contributed by atoms with Gasteiger partial charge in [-0.15, -0.1) is 17.0 Å². The van der Waals surface area contributed by atoms with Gasteiger partial charge in [-0.05, 0) is 39.3 Å². The molecule has 1 fully saturated rings. The van der Waals surface area contributed by atoms with Crippen LogP contribution in [-0.2, 0) is 0 Å². The monoisotopic (exact) mass is 299 g/mol. The van der Waals surface area contributed by atoms with Crippen LogP contribution in [-0.4, -0.2) is 29.4 Å². The molecule has 0 aliphatic carbocycles. The van der Waals surface area contributed by atoms with Crippen molar-refractivity contribution in [3.05, 3.63) is 0 Å². The molecule has 0 spiro atoms. The van der Waals surface area contributed by atoms with E-state index in [1.165, 1.54) is 38.8 Å². The number of alkyl halides is 1. The Morgan fingerprint density at radius 2 is 1.83 bits per heavy atom. The molecule has 0 N–H and O–H groups in total. The second-order valence-electron chi connectivity index (χ2n) is 3.42. The molecular weight excluding hydrogens is 282 g/mol. The minimum atomic E-state index is 0. The van der Waals surface area contributed by atoms with Crippen LogP contribution < -0.4 is 0 Å². The van der Waals surface area contributed by atoms with Crippen molar-refractivity contribution >= 4 is 32.9 Å². The van der Waals surface area contributed by atoms with Gasteiger partial charge in [-0.2, -0.15) is 0 Å². The normalized spacial score (nSPS) is 21.5. The van der Waals surface area contributed by atoms with Crippen LogP contribution in [0.15, 0.2) is 0 Å². The highest BCUT2D eigenvalue weighted by molar-refractivity contribution is 9.09. The zero-order valence-corrected chi connectivity index (χ0v) is 11.1. The number of likely N-dealkylation sites (tertiary alicyclic amines) is 1. The first kappa shape index (κ1) is 12.9. The molecule has 1 rings (SSSR count). The van der Waals surface area contributed by atoms with Gasteiger partial charge in [0.05, 0.1) is 0 Å². The molecular formula is C9H19Br2N. The predicted octanol–water partition coefficient (Wildman–Crippen LogP) is 3.22. The lowest BCUT2D eigenvalue weighted by Gasteiger charge is -2.31. The Balaban J connectivity index is 0.00000121. The topological polar surface area (TPSA) is 3.24 Å². The van der Waals surface area contributed by atoms with Crippen LogP contribution in [0, 0.1) is 0 Å². The highest BCUT2D eigenvalue weighted by Crippen LogP contribution is 2.14. The Labute approximate surface area is 94.8 Å². The molecule has 0 aromatic heterocycles. The van der Waals surface area contributed by atoms with Crippen molar-refractivity contribution < 1.29 is 0 Å². The van der Waals surface area contributed by atoms with Crippen LogP contribution in [0.5, 0.6) is 0 Å². The van der Waals surface area contributed by atoms with Gasteiger partial charge < -0.3 is 4.90 Å². The summed E-state index contributed by atoms with van der Waals surface area (Å²) in [6.07, 6.45) is 5.55. The number of nitrogens with zero attached hydrogens (tertiary/aromatic N) is 1. The summed E-state index contributed by atoms with van der Waals surface area (Å²) >= 11 is 3.49. The number of piperidine rings is 1. The van der Waals surface area contributed by atoms with Crippen molar-refractivity contribution in [2.75, 3.05) is 18.4 Å². The second kappa shape index (κ2) is 7.34. The molecule has 1 aliphatic rings. The third-order valence-electron chi connectivity index (χ3n) is 2.54. The lowest BCUT2D eigenvalue weighted by molar-refractivity contribution is 0.171. The van der Waals surface area contributed by atoms with Gasteiger partial charge in [-0.3, -0.25) is 0 Å². The van der Waals surface area contributed by atoms with E-state index in [0.717, 1.165) is 11.4 Å². The summed E-state index contributed by atoms with van der Waals surface area (Å²) in [4.78, 5) is 2.62. The SMILES string of the molecule is Br.CC(CCBr)N1CCCCC1. The van der Waals surface area contributed by atoms with E-state index in [1.807, 2.05) is 0 Å². The third kappa shape index (κ3) is 4.24. The Bertz CT molecular complexity index is 103. The molecule has 1 unspecified atom stereocenters. The minimum absolute atomic E-state index is 0. The van der Waals surface area contributed by atoms with E-state index in [1.54, 1.807) is 0 Å². The fourth-order valence-electron chi connectivity index (χ4n) is 1.70. The molecule has 0 aromatic carbocycles. The first-order valence-corrected chi connectivity index (χ1v) is 5.76. The highest BCUT2D eigenvalue weighted by Gasteiger charge is 2.15. The Morgan fingerprint density at radius 1 is 1.25 bits per heavy atom. The van der Waals surface area contributed by atoms with Gasteiger partial charge in [-0.1, -0.05) is 22.4 Å². The van der Waals surface area contributed by atoms with Crippen LogP contribution in [0.4, 0.5) is 0 Å². The summed E-state index contributed by atoms with van der Waals surface area (Å²) in [7, 11) is 0. The van der Waals surface area contributed by atoms with E-state index < -0.39 is 0 Å². The lowest BCUT2D eigenvalue weighted by Crippen LogP contribution is -2.37.